The predicted octanol–water partition coefficient (Wildman–Crippen LogP) is 5.37. The Labute approximate surface area is 237 Å². The van der Waals surface area contributed by atoms with Crippen LogP contribution in [0.1, 0.15) is 69.9 Å². The Hall–Kier alpha value is -3.62. The summed E-state index contributed by atoms with van der Waals surface area (Å²) in [7, 11) is 0. The highest BCUT2D eigenvalue weighted by molar-refractivity contribution is 5.98. The molecule has 8 heteroatoms. The van der Waals surface area contributed by atoms with E-state index in [9.17, 15) is 14.0 Å². The molecule has 0 spiro atoms. The van der Waals surface area contributed by atoms with Gasteiger partial charge in [0.15, 0.2) is 0 Å². The lowest BCUT2D eigenvalue weighted by Gasteiger charge is -2.21. The second-order valence-corrected chi connectivity index (χ2v) is 9.95. The van der Waals surface area contributed by atoms with Gasteiger partial charge in [0.1, 0.15) is 11.5 Å². The third kappa shape index (κ3) is 11.6. The molecule has 0 aliphatic heterocycles. The van der Waals surface area contributed by atoms with Crippen LogP contribution in [0.15, 0.2) is 60.7 Å². The van der Waals surface area contributed by atoms with Crippen molar-refractivity contribution in [1.29, 1.82) is 0 Å². The van der Waals surface area contributed by atoms with Crippen LogP contribution >= 0.6 is 0 Å². The Kier molecular flexibility index (Phi) is 14.0. The van der Waals surface area contributed by atoms with E-state index in [0.29, 0.717) is 43.3 Å². The molecule has 0 aliphatic carbocycles. The molecule has 1 atom stereocenters. The van der Waals surface area contributed by atoms with Gasteiger partial charge in [-0.15, -0.1) is 0 Å². The minimum atomic E-state index is -0.336. The van der Waals surface area contributed by atoms with Gasteiger partial charge >= 0.3 is 0 Å². The molecule has 3 aromatic rings. The summed E-state index contributed by atoms with van der Waals surface area (Å²) in [5, 5.41) is 2.83. The Balaban J connectivity index is 0.000000598. The first-order valence-electron chi connectivity index (χ1n) is 13.8. The first kappa shape index (κ1) is 32.6. The van der Waals surface area contributed by atoms with Gasteiger partial charge in [0.05, 0.1) is 13.2 Å². The number of carbonyl (C=O) groups excluding carboxylic acids is 2. The number of rotatable bonds is 12. The van der Waals surface area contributed by atoms with Gasteiger partial charge in [0, 0.05) is 36.9 Å². The SMILES string of the molecule is CCCN(CCC)C(=O)c1cc(C(=O)NCC(N)COCc2cccc(C)c2)cc(C)n1.Cc1cccc(F)c1. The average molecular weight is 551 g/mol. The summed E-state index contributed by atoms with van der Waals surface area (Å²) >= 11 is 0. The van der Waals surface area contributed by atoms with Crippen LogP contribution in [-0.4, -0.2) is 54.0 Å². The molecule has 216 valence electrons. The Morgan fingerprint density at radius 2 is 1.62 bits per heavy atom. The number of aromatic nitrogens is 1. The molecule has 1 heterocycles. The van der Waals surface area contributed by atoms with Gasteiger partial charge in [-0.2, -0.15) is 0 Å². The first-order chi connectivity index (χ1) is 19.1. The van der Waals surface area contributed by atoms with E-state index < -0.39 is 0 Å². The second-order valence-electron chi connectivity index (χ2n) is 9.95. The molecule has 1 aromatic heterocycles. The number of nitrogens with two attached hydrogens (primary N) is 1. The molecule has 0 fully saturated rings. The summed E-state index contributed by atoms with van der Waals surface area (Å²) in [6, 6.07) is 17.5. The molecular formula is C32H43FN4O3. The topological polar surface area (TPSA) is 97.6 Å². The Bertz CT molecular complexity index is 1210. The number of nitrogens with zero attached hydrogens (tertiary/aromatic N) is 2. The number of aryl methyl sites for hydroxylation is 3. The molecule has 3 N–H and O–H groups in total. The van der Waals surface area contributed by atoms with Gasteiger partial charge in [-0.25, -0.2) is 9.37 Å². The minimum absolute atomic E-state index is 0.146. The second kappa shape index (κ2) is 17.2. The number of pyridine rings is 1. The fraction of sp³-hybridized carbons (Fsp3) is 0.406. The van der Waals surface area contributed by atoms with Crippen LogP contribution in [0, 0.1) is 26.6 Å². The maximum absolute atomic E-state index is 12.9. The summed E-state index contributed by atoms with van der Waals surface area (Å²) < 4.78 is 17.8. The van der Waals surface area contributed by atoms with Crippen LogP contribution in [0.3, 0.4) is 0 Å². The van der Waals surface area contributed by atoms with Crippen molar-refractivity contribution in [2.45, 2.75) is 60.1 Å². The van der Waals surface area contributed by atoms with E-state index in [0.717, 1.165) is 24.0 Å². The van der Waals surface area contributed by atoms with Gasteiger partial charge in [0.25, 0.3) is 11.8 Å². The molecule has 0 saturated carbocycles. The lowest BCUT2D eigenvalue weighted by atomic mass is 10.1. The molecule has 0 saturated heterocycles. The number of nitrogens with one attached hydrogen (secondary N) is 1. The van der Waals surface area contributed by atoms with Gasteiger partial charge in [-0.05, 0) is 69.0 Å². The molecule has 7 nitrogen and oxygen atoms in total. The third-order valence-electron chi connectivity index (χ3n) is 5.90. The molecule has 3 rings (SSSR count). The predicted molar refractivity (Wildman–Crippen MR) is 158 cm³/mol. The smallest absolute Gasteiger partial charge is 0.272 e. The van der Waals surface area contributed by atoms with Crippen molar-refractivity contribution in [2.75, 3.05) is 26.2 Å². The van der Waals surface area contributed by atoms with Gasteiger partial charge in [0.2, 0.25) is 0 Å². The number of halogens is 1. The highest BCUT2D eigenvalue weighted by Crippen LogP contribution is 2.10. The Morgan fingerprint density at radius 1 is 0.975 bits per heavy atom. The summed E-state index contributed by atoms with van der Waals surface area (Å²) in [6.07, 6.45) is 1.74. The van der Waals surface area contributed by atoms with E-state index in [-0.39, 0.29) is 30.2 Å². The minimum Gasteiger partial charge on any atom is -0.375 e. The van der Waals surface area contributed by atoms with E-state index >= 15 is 0 Å². The molecule has 0 bridgehead atoms. The number of carbonyl (C=O) groups is 2. The van der Waals surface area contributed by atoms with E-state index in [2.05, 4.69) is 16.4 Å². The summed E-state index contributed by atoms with van der Waals surface area (Å²) in [5.41, 5.74) is 10.7. The molecule has 0 aliphatic rings. The van der Waals surface area contributed by atoms with Crippen LogP contribution in [0.2, 0.25) is 0 Å². The van der Waals surface area contributed by atoms with Crippen LogP contribution < -0.4 is 11.1 Å². The summed E-state index contributed by atoms with van der Waals surface area (Å²) in [6.45, 7) is 12.2. The van der Waals surface area contributed by atoms with Crippen molar-refractivity contribution in [2.24, 2.45) is 5.73 Å². The molecule has 1 unspecified atom stereocenters. The zero-order chi connectivity index (χ0) is 29.5. The van der Waals surface area contributed by atoms with Crippen molar-refractivity contribution in [1.82, 2.24) is 15.2 Å². The zero-order valence-corrected chi connectivity index (χ0v) is 24.4. The quantitative estimate of drug-likeness (QED) is 0.316. The molecule has 2 amide bonds. The van der Waals surface area contributed by atoms with Gasteiger partial charge in [-0.1, -0.05) is 55.8 Å². The molecule has 2 aromatic carbocycles. The number of hydrogen-bond donors (Lipinski definition) is 2. The molecule has 40 heavy (non-hydrogen) atoms. The number of hydrogen-bond acceptors (Lipinski definition) is 5. The number of benzene rings is 2. The highest BCUT2D eigenvalue weighted by Gasteiger charge is 2.19. The largest absolute Gasteiger partial charge is 0.375 e. The number of ether oxygens (including phenoxy) is 1. The maximum Gasteiger partial charge on any atom is 0.272 e. The van der Waals surface area contributed by atoms with Crippen molar-refractivity contribution in [3.05, 3.63) is 100 Å². The maximum atomic E-state index is 12.9. The Morgan fingerprint density at radius 3 is 2.20 bits per heavy atom. The van der Waals surface area contributed by atoms with Gasteiger partial charge in [-0.3, -0.25) is 9.59 Å². The monoisotopic (exact) mass is 550 g/mol. The van der Waals surface area contributed by atoms with Crippen LogP contribution in [0.4, 0.5) is 4.39 Å². The van der Waals surface area contributed by atoms with Crippen molar-refractivity contribution in [3.63, 3.8) is 0 Å². The van der Waals surface area contributed by atoms with E-state index in [4.69, 9.17) is 10.5 Å². The summed E-state index contributed by atoms with van der Waals surface area (Å²) in [4.78, 5) is 31.7. The fourth-order valence-corrected chi connectivity index (χ4v) is 4.05. The van der Waals surface area contributed by atoms with Gasteiger partial charge < -0.3 is 20.7 Å². The standard InChI is InChI=1S/C25H36N4O3.C7H7F/c1-5-10-29(11-6-2)25(31)23-14-21(13-19(4)28-23)24(30)27-15-22(26)17-32-16-20-9-7-8-18(3)12-20;1-6-3-2-4-7(8)5-6/h7-9,12-14,22H,5-6,10-11,15-17,26H2,1-4H3,(H,27,30);2-5H,1H3. The molecular weight excluding hydrogens is 507 g/mol. The lowest BCUT2D eigenvalue weighted by molar-refractivity contribution is 0.0749. The first-order valence-corrected chi connectivity index (χ1v) is 13.8. The van der Waals surface area contributed by atoms with Crippen LogP contribution in [0.5, 0.6) is 0 Å². The molecule has 0 radical (unpaired) electrons. The fourth-order valence-electron chi connectivity index (χ4n) is 4.05. The highest BCUT2D eigenvalue weighted by atomic mass is 19.1. The van der Waals surface area contributed by atoms with E-state index in [1.807, 2.05) is 52.0 Å². The van der Waals surface area contributed by atoms with Crippen LogP contribution in [0.25, 0.3) is 0 Å². The number of amides is 2. The van der Waals surface area contributed by atoms with E-state index in [1.165, 1.54) is 17.7 Å². The van der Waals surface area contributed by atoms with Crippen LogP contribution in [-0.2, 0) is 11.3 Å². The van der Waals surface area contributed by atoms with Crippen molar-refractivity contribution >= 4 is 11.8 Å². The average Bonchev–Trinajstić information content (AvgIpc) is 2.91. The van der Waals surface area contributed by atoms with E-state index in [1.54, 1.807) is 30.0 Å². The normalized spacial score (nSPS) is 11.3. The zero-order valence-electron chi connectivity index (χ0n) is 24.4. The lowest BCUT2D eigenvalue weighted by Crippen LogP contribution is -2.40. The van der Waals surface area contributed by atoms with Crippen molar-refractivity contribution < 1.29 is 18.7 Å². The third-order valence-corrected chi connectivity index (χ3v) is 5.90. The summed E-state index contributed by atoms with van der Waals surface area (Å²) in [5.74, 6) is -0.589. The van der Waals surface area contributed by atoms with Crippen molar-refractivity contribution in [3.8, 4) is 0 Å².